The van der Waals surface area contributed by atoms with Crippen molar-refractivity contribution in [1.82, 2.24) is 5.32 Å². The van der Waals surface area contributed by atoms with Crippen LogP contribution in [0.15, 0.2) is 12.1 Å². The number of amides is 1. The zero-order valence-electron chi connectivity index (χ0n) is 16.8. The molecule has 1 heterocycles. The quantitative estimate of drug-likeness (QED) is 0.689. The predicted octanol–water partition coefficient (Wildman–Crippen LogP) is 2.37. The largest absolute Gasteiger partial charge is 0.493 e. The van der Waals surface area contributed by atoms with E-state index in [2.05, 4.69) is 11.4 Å². The molecule has 0 bridgehead atoms. The highest BCUT2D eigenvalue weighted by molar-refractivity contribution is 5.81. The summed E-state index contributed by atoms with van der Waals surface area (Å²) in [5.41, 5.74) is 0.521. The van der Waals surface area contributed by atoms with E-state index < -0.39 is 12.1 Å². The number of carbonyl (C=O) groups excluding carboxylic acids is 1. The van der Waals surface area contributed by atoms with Gasteiger partial charge in [0.05, 0.1) is 40.1 Å². The number of benzene rings is 1. The van der Waals surface area contributed by atoms with Gasteiger partial charge in [0.1, 0.15) is 12.1 Å². The number of rotatable bonds is 9. The third-order valence-corrected chi connectivity index (χ3v) is 4.61. The van der Waals surface area contributed by atoms with E-state index in [0.29, 0.717) is 29.4 Å². The van der Waals surface area contributed by atoms with Gasteiger partial charge in [-0.2, -0.15) is 5.26 Å². The second-order valence-electron chi connectivity index (χ2n) is 6.49. The van der Waals surface area contributed by atoms with Gasteiger partial charge in [-0.25, -0.2) is 0 Å². The summed E-state index contributed by atoms with van der Waals surface area (Å²) in [6.45, 7) is 2.74. The molecule has 1 N–H and O–H groups in total. The van der Waals surface area contributed by atoms with Gasteiger partial charge in [0.2, 0.25) is 11.7 Å². The summed E-state index contributed by atoms with van der Waals surface area (Å²) in [4.78, 5) is 12.5. The maximum absolute atomic E-state index is 12.5. The van der Waals surface area contributed by atoms with Crippen LogP contribution in [-0.4, -0.2) is 52.7 Å². The monoisotopic (exact) mass is 392 g/mol. The summed E-state index contributed by atoms with van der Waals surface area (Å²) >= 11 is 0. The van der Waals surface area contributed by atoms with E-state index >= 15 is 0 Å². The van der Waals surface area contributed by atoms with E-state index in [1.807, 2.05) is 0 Å². The number of nitrogens with zero attached hydrogens (tertiary/aromatic N) is 1. The number of hydrogen-bond acceptors (Lipinski definition) is 7. The van der Waals surface area contributed by atoms with Gasteiger partial charge in [-0.1, -0.05) is 0 Å². The lowest BCUT2D eigenvalue weighted by Crippen LogP contribution is -2.38. The summed E-state index contributed by atoms with van der Waals surface area (Å²) in [5, 5.41) is 12.3. The number of nitrogens with one attached hydrogen (secondary N) is 1. The third-order valence-electron chi connectivity index (χ3n) is 4.61. The molecular formula is C20H28N2O6. The zero-order chi connectivity index (χ0) is 20.5. The maximum Gasteiger partial charge on any atom is 0.250 e. The Bertz CT molecular complexity index is 671. The molecule has 1 aliphatic heterocycles. The molecule has 1 amide bonds. The fraction of sp³-hybridized carbons (Fsp3) is 0.600. The number of hydrogen-bond donors (Lipinski definition) is 1. The van der Waals surface area contributed by atoms with Crippen LogP contribution in [0.25, 0.3) is 0 Å². The molecule has 0 spiro atoms. The van der Waals surface area contributed by atoms with E-state index in [-0.39, 0.29) is 12.0 Å². The van der Waals surface area contributed by atoms with Gasteiger partial charge in [-0.05, 0) is 43.9 Å². The first-order valence-electron chi connectivity index (χ1n) is 9.27. The Kier molecular flexibility index (Phi) is 8.36. The van der Waals surface area contributed by atoms with Crippen LogP contribution in [0.3, 0.4) is 0 Å². The van der Waals surface area contributed by atoms with Crippen LogP contribution in [-0.2, 0) is 14.3 Å². The minimum atomic E-state index is -0.891. The van der Waals surface area contributed by atoms with E-state index in [1.54, 1.807) is 19.1 Å². The molecule has 154 valence electrons. The van der Waals surface area contributed by atoms with Crippen molar-refractivity contribution < 1.29 is 28.5 Å². The van der Waals surface area contributed by atoms with Gasteiger partial charge in [0, 0.05) is 6.61 Å². The molecule has 0 saturated carbocycles. The Morgan fingerprint density at radius 3 is 2.43 bits per heavy atom. The van der Waals surface area contributed by atoms with Gasteiger partial charge in [0.25, 0.3) is 0 Å². The molecule has 1 aromatic carbocycles. The first kappa shape index (κ1) is 21.8. The van der Waals surface area contributed by atoms with Crippen molar-refractivity contribution >= 4 is 5.91 Å². The molecular weight excluding hydrogens is 364 g/mol. The maximum atomic E-state index is 12.5. The molecule has 1 aromatic rings. The fourth-order valence-electron chi connectivity index (χ4n) is 2.98. The van der Waals surface area contributed by atoms with Gasteiger partial charge in [-0.3, -0.25) is 4.79 Å². The highest BCUT2D eigenvalue weighted by atomic mass is 16.5. The van der Waals surface area contributed by atoms with Crippen LogP contribution in [0.4, 0.5) is 0 Å². The average Bonchev–Trinajstić information content (AvgIpc) is 2.75. The summed E-state index contributed by atoms with van der Waals surface area (Å²) in [6, 6.07) is 4.47. The highest BCUT2D eigenvalue weighted by Gasteiger charge is 2.24. The molecule has 8 heteroatoms. The lowest BCUT2D eigenvalue weighted by Gasteiger charge is -2.24. The predicted molar refractivity (Wildman–Crippen MR) is 102 cm³/mol. The second-order valence-corrected chi connectivity index (χ2v) is 6.49. The van der Waals surface area contributed by atoms with Gasteiger partial charge in [-0.15, -0.1) is 0 Å². The molecule has 0 aromatic heterocycles. The van der Waals surface area contributed by atoms with Crippen LogP contribution in [0, 0.1) is 11.3 Å². The molecule has 0 radical (unpaired) electrons. The average molecular weight is 392 g/mol. The van der Waals surface area contributed by atoms with Crippen molar-refractivity contribution in [2.45, 2.75) is 44.4 Å². The Morgan fingerprint density at radius 1 is 1.25 bits per heavy atom. The molecule has 0 aliphatic carbocycles. The van der Waals surface area contributed by atoms with Crippen molar-refractivity contribution in [2.24, 2.45) is 0 Å². The van der Waals surface area contributed by atoms with Crippen molar-refractivity contribution in [3.05, 3.63) is 17.7 Å². The Balaban J connectivity index is 2.04. The standard InChI is InChI=1S/C20H28N2O6/c1-13(28-12-15-7-5-6-8-27-15)20(23)22-16(11-21)14-9-17(24-2)19(26-4)18(10-14)25-3/h9-10,13,15-16H,5-8,12H2,1-4H3,(H,22,23). The lowest BCUT2D eigenvalue weighted by molar-refractivity contribution is -0.135. The fourth-order valence-corrected chi connectivity index (χ4v) is 2.98. The molecule has 1 aliphatic rings. The van der Waals surface area contributed by atoms with Crippen LogP contribution in [0.2, 0.25) is 0 Å². The van der Waals surface area contributed by atoms with E-state index in [4.69, 9.17) is 23.7 Å². The van der Waals surface area contributed by atoms with Crippen molar-refractivity contribution in [1.29, 1.82) is 5.26 Å². The Labute approximate surface area is 165 Å². The van der Waals surface area contributed by atoms with Crippen molar-refractivity contribution in [3.63, 3.8) is 0 Å². The number of ether oxygens (including phenoxy) is 5. The highest BCUT2D eigenvalue weighted by Crippen LogP contribution is 2.39. The molecule has 1 fully saturated rings. The summed E-state index contributed by atoms with van der Waals surface area (Å²) in [7, 11) is 4.48. The SMILES string of the molecule is COc1cc(C(C#N)NC(=O)C(C)OCC2CCCCO2)cc(OC)c1OC. The number of carbonyl (C=O) groups is 1. The molecule has 28 heavy (non-hydrogen) atoms. The Morgan fingerprint density at radius 2 is 1.93 bits per heavy atom. The lowest BCUT2D eigenvalue weighted by atomic mass is 10.1. The molecule has 1 saturated heterocycles. The van der Waals surface area contributed by atoms with Gasteiger partial charge >= 0.3 is 0 Å². The minimum absolute atomic E-state index is 0.0193. The summed E-state index contributed by atoms with van der Waals surface area (Å²) in [6.07, 6.45) is 2.41. The molecule has 8 nitrogen and oxygen atoms in total. The second kappa shape index (κ2) is 10.7. The topological polar surface area (TPSA) is 99.0 Å². The van der Waals surface area contributed by atoms with E-state index in [9.17, 15) is 10.1 Å². The van der Waals surface area contributed by atoms with Crippen molar-refractivity contribution in [3.8, 4) is 23.3 Å². The van der Waals surface area contributed by atoms with Crippen LogP contribution in [0.5, 0.6) is 17.2 Å². The first-order valence-corrected chi connectivity index (χ1v) is 9.27. The zero-order valence-corrected chi connectivity index (χ0v) is 16.8. The third kappa shape index (κ3) is 5.50. The van der Waals surface area contributed by atoms with Crippen LogP contribution >= 0.6 is 0 Å². The molecule has 3 atom stereocenters. The number of nitriles is 1. The summed E-state index contributed by atoms with van der Waals surface area (Å²) in [5.74, 6) is 0.854. The molecule has 2 rings (SSSR count). The van der Waals surface area contributed by atoms with E-state index in [1.165, 1.54) is 21.3 Å². The van der Waals surface area contributed by atoms with Crippen LogP contribution in [0.1, 0.15) is 37.8 Å². The normalized spacial score (nSPS) is 18.5. The first-order chi connectivity index (χ1) is 13.5. The van der Waals surface area contributed by atoms with Crippen molar-refractivity contribution in [2.75, 3.05) is 34.5 Å². The van der Waals surface area contributed by atoms with Gasteiger partial charge < -0.3 is 29.0 Å². The molecule has 3 unspecified atom stereocenters. The van der Waals surface area contributed by atoms with Gasteiger partial charge in [0.15, 0.2) is 11.5 Å². The van der Waals surface area contributed by atoms with E-state index in [0.717, 1.165) is 25.9 Å². The summed E-state index contributed by atoms with van der Waals surface area (Å²) < 4.78 is 27.1. The smallest absolute Gasteiger partial charge is 0.250 e. The number of methoxy groups -OCH3 is 3. The minimum Gasteiger partial charge on any atom is -0.493 e. The van der Waals surface area contributed by atoms with Crippen LogP contribution < -0.4 is 19.5 Å². The Hall–Kier alpha value is -2.50.